The Balaban J connectivity index is 1.75. The van der Waals surface area contributed by atoms with Gasteiger partial charge in [-0.1, -0.05) is 91.0 Å². The summed E-state index contributed by atoms with van der Waals surface area (Å²) in [4.78, 5) is 0. The van der Waals surface area contributed by atoms with E-state index in [1.54, 1.807) is 0 Å². The van der Waals surface area contributed by atoms with Gasteiger partial charge in [0.15, 0.2) is 12.5 Å². The number of rotatable bonds is 3. The van der Waals surface area contributed by atoms with Crippen LogP contribution in [0.15, 0.2) is 91.0 Å². The van der Waals surface area contributed by atoms with Crippen molar-refractivity contribution in [2.45, 2.75) is 17.4 Å². The normalized spacial score (nSPS) is 33.0. The highest BCUT2D eigenvalue weighted by Crippen LogP contribution is 2.87. The Morgan fingerprint density at radius 1 is 0.720 bits per heavy atom. The Hall–Kier alpha value is -2.15. The number of hydrogen-bond donors (Lipinski definition) is 0. The molecule has 0 N–H and O–H groups in total. The molecule has 2 aliphatic rings. The third kappa shape index (κ3) is 1.82. The van der Waals surface area contributed by atoms with Crippen molar-refractivity contribution in [3.8, 4) is 0 Å². The maximum atomic E-state index is 14.4. The maximum Gasteiger partial charge on any atom is 0.184 e. The first kappa shape index (κ1) is 15.1. The van der Waals surface area contributed by atoms with Gasteiger partial charge in [0.05, 0.1) is 0 Å². The molecule has 0 amide bonds. The van der Waals surface area contributed by atoms with Crippen molar-refractivity contribution in [3.05, 3.63) is 102 Å². The molecule has 3 atom stereocenters. The zero-order valence-electron chi connectivity index (χ0n) is 13.8. The highest BCUT2D eigenvalue weighted by molar-refractivity contribution is 7.73. The summed E-state index contributed by atoms with van der Waals surface area (Å²) in [5, 5.41) is 0.193. The molecular weight excluding hydrogens is 327 g/mol. The van der Waals surface area contributed by atoms with Crippen LogP contribution < -0.4 is 5.30 Å². The Morgan fingerprint density at radius 3 is 1.84 bits per heavy atom. The van der Waals surface area contributed by atoms with Crippen LogP contribution in [0.4, 0.5) is 0 Å². The van der Waals surface area contributed by atoms with Gasteiger partial charge in [0.1, 0.15) is 5.60 Å². The lowest BCUT2D eigenvalue weighted by Crippen LogP contribution is -2.21. The van der Waals surface area contributed by atoms with E-state index in [9.17, 15) is 4.57 Å². The van der Waals surface area contributed by atoms with Crippen molar-refractivity contribution in [1.82, 2.24) is 0 Å². The zero-order chi connectivity index (χ0) is 17.0. The van der Waals surface area contributed by atoms with E-state index in [-0.39, 0.29) is 0 Å². The van der Waals surface area contributed by atoms with E-state index in [4.69, 9.17) is 4.74 Å². The number of ether oxygens (including phenoxy) is 1. The first-order valence-corrected chi connectivity index (χ1v) is 10.6. The van der Waals surface area contributed by atoms with E-state index in [1.165, 1.54) is 0 Å². The monoisotopic (exact) mass is 346 g/mol. The van der Waals surface area contributed by atoms with Gasteiger partial charge in [-0.3, -0.25) is 0 Å². The van der Waals surface area contributed by atoms with Gasteiger partial charge < -0.3 is 9.30 Å². The summed E-state index contributed by atoms with van der Waals surface area (Å²) in [5.74, 6) is 0. The average molecular weight is 346 g/mol. The van der Waals surface area contributed by atoms with Crippen LogP contribution in [-0.4, -0.2) is 6.16 Å². The van der Waals surface area contributed by atoms with E-state index >= 15 is 0 Å². The minimum absolute atomic E-state index is 0.471. The molecule has 124 valence electrons. The second-order valence-electron chi connectivity index (χ2n) is 6.85. The van der Waals surface area contributed by atoms with E-state index in [1.807, 2.05) is 66.7 Å². The molecule has 3 unspecified atom stereocenters. The fourth-order valence-electron chi connectivity index (χ4n) is 4.54. The molecular formula is C22H19O2P. The smallest absolute Gasteiger partial charge is 0.184 e. The predicted molar refractivity (Wildman–Crippen MR) is 100 cm³/mol. The lowest BCUT2D eigenvalue weighted by molar-refractivity contribution is 0.272. The lowest BCUT2D eigenvalue weighted by atomic mass is 9.89. The molecule has 0 aliphatic carbocycles. The third-order valence-corrected chi connectivity index (χ3v) is 9.41. The Morgan fingerprint density at radius 2 is 1.24 bits per heavy atom. The molecule has 0 radical (unpaired) electrons. The highest BCUT2D eigenvalue weighted by Gasteiger charge is 2.83. The summed E-state index contributed by atoms with van der Waals surface area (Å²) in [6.45, 7) is 0. The number of fused-ring (bicyclic) bond motifs is 1. The van der Waals surface area contributed by atoms with Gasteiger partial charge in [-0.05, 0) is 17.5 Å². The van der Waals surface area contributed by atoms with Crippen LogP contribution in [0.2, 0.25) is 0 Å². The summed E-state index contributed by atoms with van der Waals surface area (Å²) >= 11 is 0. The van der Waals surface area contributed by atoms with E-state index in [0.29, 0.717) is 6.16 Å². The molecule has 3 aromatic carbocycles. The Kier molecular flexibility index (Phi) is 3.13. The van der Waals surface area contributed by atoms with Crippen molar-refractivity contribution in [2.75, 3.05) is 6.16 Å². The molecule has 3 heteroatoms. The number of hydrogen-bond acceptors (Lipinski definition) is 2. The molecule has 0 aromatic heterocycles. The summed E-state index contributed by atoms with van der Waals surface area (Å²) in [6, 6.07) is 30.3. The molecule has 0 bridgehead atoms. The van der Waals surface area contributed by atoms with Crippen molar-refractivity contribution in [1.29, 1.82) is 0 Å². The second kappa shape index (κ2) is 5.17. The molecule has 25 heavy (non-hydrogen) atoms. The molecule has 2 aliphatic heterocycles. The molecule has 2 nitrogen and oxygen atoms in total. The minimum atomic E-state index is -2.75. The van der Waals surface area contributed by atoms with Gasteiger partial charge in [-0.15, -0.1) is 0 Å². The average Bonchev–Trinajstić information content (AvgIpc) is 3.33. The molecule has 3 aromatic rings. The minimum Gasteiger partial charge on any atom is -0.344 e. The van der Waals surface area contributed by atoms with Crippen LogP contribution in [0.5, 0.6) is 0 Å². The Labute approximate surface area is 147 Å². The summed E-state index contributed by atoms with van der Waals surface area (Å²) in [7, 11) is -2.75. The fourth-order valence-corrected chi connectivity index (χ4v) is 8.45. The summed E-state index contributed by atoms with van der Waals surface area (Å²) in [5.41, 5.74) is 1.69. The van der Waals surface area contributed by atoms with Crippen LogP contribution >= 0.6 is 7.14 Å². The largest absolute Gasteiger partial charge is 0.344 e. The van der Waals surface area contributed by atoms with Crippen LogP contribution in [0.1, 0.15) is 17.5 Å². The predicted octanol–water partition coefficient (Wildman–Crippen LogP) is 4.86. The first-order chi connectivity index (χ1) is 12.2. The molecule has 2 heterocycles. The molecule has 5 rings (SSSR count). The maximum absolute atomic E-state index is 14.4. The fraction of sp³-hybridized carbons (Fsp3) is 0.182. The van der Waals surface area contributed by atoms with Crippen molar-refractivity contribution in [3.63, 3.8) is 0 Å². The van der Waals surface area contributed by atoms with Crippen LogP contribution in [-0.2, 0) is 20.2 Å². The van der Waals surface area contributed by atoms with Crippen LogP contribution in [0, 0.1) is 0 Å². The van der Waals surface area contributed by atoms with Crippen LogP contribution in [0.3, 0.4) is 0 Å². The SMILES string of the molecule is O=P1(c2ccccc2)CCC2(c3ccccc3)OC21c1ccccc1. The first-order valence-electron chi connectivity index (χ1n) is 8.69. The number of benzene rings is 3. The summed E-state index contributed by atoms with van der Waals surface area (Å²) < 4.78 is 20.9. The van der Waals surface area contributed by atoms with Crippen molar-refractivity contribution >= 4 is 12.4 Å². The molecule has 0 spiro atoms. The van der Waals surface area contributed by atoms with E-state index in [0.717, 1.165) is 22.9 Å². The van der Waals surface area contributed by atoms with Gasteiger partial charge in [-0.25, -0.2) is 0 Å². The molecule has 2 fully saturated rings. The number of epoxide rings is 1. The van der Waals surface area contributed by atoms with Crippen molar-refractivity contribution in [2.24, 2.45) is 0 Å². The van der Waals surface area contributed by atoms with Gasteiger partial charge >= 0.3 is 0 Å². The van der Waals surface area contributed by atoms with E-state index < -0.39 is 18.1 Å². The lowest BCUT2D eigenvalue weighted by Gasteiger charge is -2.23. The second-order valence-corrected chi connectivity index (χ2v) is 9.93. The topological polar surface area (TPSA) is 29.6 Å². The van der Waals surface area contributed by atoms with Crippen molar-refractivity contribution < 1.29 is 9.30 Å². The standard InChI is InChI=1S/C22H19O2P/c23-25(20-14-8-3-9-15-20)17-16-21(18-10-4-1-5-11-18)22(25,24-21)19-12-6-2-7-13-19/h1-15H,16-17H2. The van der Waals surface area contributed by atoms with Gasteiger partial charge in [0.2, 0.25) is 0 Å². The van der Waals surface area contributed by atoms with E-state index in [2.05, 4.69) is 24.3 Å². The van der Waals surface area contributed by atoms with Gasteiger partial charge in [-0.2, -0.15) is 0 Å². The zero-order valence-corrected chi connectivity index (χ0v) is 14.7. The Bertz CT molecular complexity index is 955. The van der Waals surface area contributed by atoms with Gasteiger partial charge in [0.25, 0.3) is 0 Å². The van der Waals surface area contributed by atoms with Crippen LogP contribution in [0.25, 0.3) is 0 Å². The van der Waals surface area contributed by atoms with Gasteiger partial charge in [0, 0.05) is 11.5 Å². The molecule has 2 saturated heterocycles. The quantitative estimate of drug-likeness (QED) is 0.501. The highest BCUT2D eigenvalue weighted by atomic mass is 31.2. The molecule has 0 saturated carbocycles. The summed E-state index contributed by atoms with van der Waals surface area (Å²) in [6.07, 6.45) is 1.47. The third-order valence-electron chi connectivity index (χ3n) is 5.69.